The second-order valence-electron chi connectivity index (χ2n) is 5.31. The van der Waals surface area contributed by atoms with Crippen LogP contribution in [0.3, 0.4) is 0 Å². The Kier molecular flexibility index (Phi) is 4.00. The summed E-state index contributed by atoms with van der Waals surface area (Å²) in [6.45, 7) is 7.84. The van der Waals surface area contributed by atoms with E-state index in [-0.39, 0.29) is 5.41 Å². The van der Waals surface area contributed by atoms with Crippen molar-refractivity contribution in [3.63, 3.8) is 0 Å². The highest BCUT2D eigenvalue weighted by atomic mass is 35.5. The maximum absolute atomic E-state index is 10.2. The summed E-state index contributed by atoms with van der Waals surface area (Å²) in [7, 11) is 0. The average molecular weight is 242 g/mol. The van der Waals surface area contributed by atoms with Crippen LogP contribution < -0.4 is 5.73 Å². The number of nitrogens with two attached hydrogens (primary N) is 1. The van der Waals surface area contributed by atoms with Crippen LogP contribution in [0.2, 0.25) is 5.02 Å². The van der Waals surface area contributed by atoms with E-state index in [4.69, 9.17) is 17.3 Å². The largest absolute Gasteiger partial charge is 0.391 e. The Labute approximate surface area is 102 Å². The van der Waals surface area contributed by atoms with Crippen LogP contribution in [0, 0.1) is 12.3 Å². The molecule has 3 heteroatoms. The molecule has 0 aliphatic carbocycles. The number of hydrogen-bond donors (Lipinski definition) is 2. The molecule has 1 aromatic rings. The number of benzene rings is 1. The van der Waals surface area contributed by atoms with E-state index in [0.717, 1.165) is 11.1 Å². The van der Waals surface area contributed by atoms with Crippen LogP contribution in [0.5, 0.6) is 0 Å². The summed E-state index contributed by atoms with van der Waals surface area (Å²) in [4.78, 5) is 0. The van der Waals surface area contributed by atoms with Gasteiger partial charge < -0.3 is 10.8 Å². The van der Waals surface area contributed by atoms with Gasteiger partial charge in [-0.3, -0.25) is 0 Å². The minimum absolute atomic E-state index is 0.259. The van der Waals surface area contributed by atoms with Gasteiger partial charge in [0.25, 0.3) is 0 Å². The molecule has 0 unspecified atom stereocenters. The summed E-state index contributed by atoms with van der Waals surface area (Å²) in [5, 5.41) is 10.8. The summed E-state index contributed by atoms with van der Waals surface area (Å²) < 4.78 is 0. The van der Waals surface area contributed by atoms with Gasteiger partial charge in [0.05, 0.1) is 12.1 Å². The molecule has 0 saturated heterocycles. The lowest BCUT2D eigenvalue weighted by Gasteiger charge is -2.32. The fourth-order valence-electron chi connectivity index (χ4n) is 1.76. The molecule has 0 fully saturated rings. The van der Waals surface area contributed by atoms with Crippen molar-refractivity contribution in [2.45, 2.75) is 39.8 Å². The molecular weight excluding hydrogens is 222 g/mol. The van der Waals surface area contributed by atoms with E-state index < -0.39 is 12.1 Å². The normalized spacial score (nSPS) is 15.9. The SMILES string of the molecule is Cc1cccc(Cl)c1[C@H](N)[C@H](O)C(C)(C)C. The number of rotatable bonds is 2. The molecule has 3 N–H and O–H groups in total. The van der Waals surface area contributed by atoms with E-state index in [1.54, 1.807) is 6.07 Å². The molecule has 90 valence electrons. The van der Waals surface area contributed by atoms with Crippen molar-refractivity contribution in [2.24, 2.45) is 11.1 Å². The molecule has 0 saturated carbocycles. The van der Waals surface area contributed by atoms with E-state index in [0.29, 0.717) is 5.02 Å². The molecule has 0 aromatic heterocycles. The molecule has 0 amide bonds. The molecule has 1 rings (SSSR count). The topological polar surface area (TPSA) is 46.2 Å². The van der Waals surface area contributed by atoms with Crippen LogP contribution in [-0.4, -0.2) is 11.2 Å². The smallest absolute Gasteiger partial charge is 0.0781 e. The third-order valence-electron chi connectivity index (χ3n) is 2.83. The number of aryl methyl sites for hydroxylation is 1. The first-order valence-corrected chi connectivity index (χ1v) is 5.81. The van der Waals surface area contributed by atoms with Crippen LogP contribution in [0.25, 0.3) is 0 Å². The molecule has 2 nitrogen and oxygen atoms in total. The zero-order chi connectivity index (χ0) is 12.5. The number of aliphatic hydroxyl groups excluding tert-OH is 1. The zero-order valence-electron chi connectivity index (χ0n) is 10.3. The van der Waals surface area contributed by atoms with Crippen LogP contribution in [-0.2, 0) is 0 Å². The van der Waals surface area contributed by atoms with Crippen molar-refractivity contribution in [2.75, 3.05) is 0 Å². The van der Waals surface area contributed by atoms with Gasteiger partial charge in [0.15, 0.2) is 0 Å². The predicted molar refractivity (Wildman–Crippen MR) is 68.6 cm³/mol. The number of halogens is 1. The minimum Gasteiger partial charge on any atom is -0.391 e. The average Bonchev–Trinajstić information content (AvgIpc) is 2.14. The summed E-state index contributed by atoms with van der Waals surface area (Å²) in [6, 6.07) is 5.20. The van der Waals surface area contributed by atoms with Gasteiger partial charge in [-0.15, -0.1) is 0 Å². The molecule has 0 spiro atoms. The van der Waals surface area contributed by atoms with Gasteiger partial charge in [0.2, 0.25) is 0 Å². The maximum atomic E-state index is 10.2. The second kappa shape index (κ2) is 4.74. The van der Waals surface area contributed by atoms with Gasteiger partial charge >= 0.3 is 0 Å². The molecule has 0 bridgehead atoms. The predicted octanol–water partition coefficient (Wildman–Crippen LogP) is 3.06. The fraction of sp³-hybridized carbons (Fsp3) is 0.538. The van der Waals surface area contributed by atoms with Crippen molar-refractivity contribution in [3.05, 3.63) is 34.3 Å². The Morgan fingerprint density at radius 3 is 2.31 bits per heavy atom. The van der Waals surface area contributed by atoms with Crippen LogP contribution >= 0.6 is 11.6 Å². The maximum Gasteiger partial charge on any atom is 0.0781 e. The van der Waals surface area contributed by atoms with Gasteiger partial charge in [0, 0.05) is 5.02 Å². The summed E-state index contributed by atoms with van der Waals surface area (Å²) in [5.41, 5.74) is 7.69. The highest BCUT2D eigenvalue weighted by Gasteiger charge is 2.30. The minimum atomic E-state index is -0.619. The molecule has 0 aliphatic rings. The summed E-state index contributed by atoms with van der Waals surface area (Å²) in [6.07, 6.45) is -0.619. The van der Waals surface area contributed by atoms with Crippen molar-refractivity contribution < 1.29 is 5.11 Å². The van der Waals surface area contributed by atoms with Gasteiger partial charge in [-0.2, -0.15) is 0 Å². The van der Waals surface area contributed by atoms with Crippen molar-refractivity contribution >= 4 is 11.6 Å². The first kappa shape index (κ1) is 13.5. The number of aliphatic hydroxyl groups is 1. The van der Waals surface area contributed by atoms with Crippen LogP contribution in [0.4, 0.5) is 0 Å². The fourth-order valence-corrected chi connectivity index (χ4v) is 2.11. The standard InChI is InChI=1S/C13H20ClNO/c1-8-6-5-7-9(14)10(8)11(15)12(16)13(2,3)4/h5-7,11-12,16H,15H2,1-4H3/t11-,12-/m0/s1. The molecule has 0 heterocycles. The van der Waals surface area contributed by atoms with E-state index in [9.17, 15) is 5.11 Å². The first-order chi connectivity index (χ1) is 7.25. The van der Waals surface area contributed by atoms with Crippen molar-refractivity contribution in [3.8, 4) is 0 Å². The molecule has 2 atom stereocenters. The van der Waals surface area contributed by atoms with E-state index in [2.05, 4.69) is 0 Å². The molecular formula is C13H20ClNO. The Bertz CT molecular complexity index is 350. The quantitative estimate of drug-likeness (QED) is 0.836. The van der Waals surface area contributed by atoms with Crippen LogP contribution in [0.15, 0.2) is 18.2 Å². The summed E-state index contributed by atoms with van der Waals surface area (Å²) in [5.74, 6) is 0. The van der Waals surface area contributed by atoms with Crippen LogP contribution in [0.1, 0.15) is 37.9 Å². The summed E-state index contributed by atoms with van der Waals surface area (Å²) >= 11 is 6.13. The van der Waals surface area contributed by atoms with Crippen molar-refractivity contribution in [1.82, 2.24) is 0 Å². The molecule has 16 heavy (non-hydrogen) atoms. The van der Waals surface area contributed by atoms with E-state index in [1.807, 2.05) is 39.8 Å². The Morgan fingerprint density at radius 2 is 1.88 bits per heavy atom. The Balaban J connectivity index is 3.10. The first-order valence-electron chi connectivity index (χ1n) is 5.44. The lowest BCUT2D eigenvalue weighted by atomic mass is 9.81. The third-order valence-corrected chi connectivity index (χ3v) is 3.16. The van der Waals surface area contributed by atoms with E-state index in [1.165, 1.54) is 0 Å². The van der Waals surface area contributed by atoms with Gasteiger partial charge in [-0.05, 0) is 29.5 Å². The molecule has 0 radical (unpaired) electrons. The van der Waals surface area contributed by atoms with Crippen molar-refractivity contribution in [1.29, 1.82) is 0 Å². The lowest BCUT2D eigenvalue weighted by molar-refractivity contribution is 0.0399. The highest BCUT2D eigenvalue weighted by Crippen LogP contribution is 2.33. The Morgan fingerprint density at radius 1 is 1.31 bits per heavy atom. The molecule has 0 aliphatic heterocycles. The third kappa shape index (κ3) is 2.76. The van der Waals surface area contributed by atoms with Gasteiger partial charge in [-0.25, -0.2) is 0 Å². The lowest BCUT2D eigenvalue weighted by Crippen LogP contribution is -2.37. The Hall–Kier alpha value is -0.570. The number of hydrogen-bond acceptors (Lipinski definition) is 2. The monoisotopic (exact) mass is 241 g/mol. The highest BCUT2D eigenvalue weighted by molar-refractivity contribution is 6.31. The van der Waals surface area contributed by atoms with Gasteiger partial charge in [0.1, 0.15) is 0 Å². The second-order valence-corrected chi connectivity index (χ2v) is 5.71. The zero-order valence-corrected chi connectivity index (χ0v) is 11.0. The van der Waals surface area contributed by atoms with Gasteiger partial charge in [-0.1, -0.05) is 44.5 Å². The molecule has 1 aromatic carbocycles. The van der Waals surface area contributed by atoms with E-state index >= 15 is 0 Å².